The largest absolute Gasteiger partial charge is 0.497 e. The number of ether oxygens (including phenoxy) is 2. The lowest BCUT2D eigenvalue weighted by atomic mass is 10.0. The Bertz CT molecular complexity index is 881. The lowest BCUT2D eigenvalue weighted by Gasteiger charge is -2.26. The van der Waals surface area contributed by atoms with Gasteiger partial charge in [0.05, 0.1) is 25.9 Å². The molecule has 1 aromatic heterocycles. The molecule has 1 fully saturated rings. The maximum absolute atomic E-state index is 5.62. The molecule has 7 heteroatoms. The van der Waals surface area contributed by atoms with Crippen LogP contribution in [0.5, 0.6) is 11.5 Å². The molecular weight excluding hydrogens is 330 g/mol. The van der Waals surface area contributed by atoms with Crippen molar-refractivity contribution in [3.8, 4) is 17.2 Å². The highest BCUT2D eigenvalue weighted by molar-refractivity contribution is 5.49. The minimum absolute atomic E-state index is 0.157. The molecule has 4 rings (SSSR count). The van der Waals surface area contributed by atoms with Crippen LogP contribution in [-0.4, -0.2) is 41.0 Å². The molecule has 1 saturated heterocycles. The number of benzene rings is 2. The van der Waals surface area contributed by atoms with E-state index in [0.717, 1.165) is 48.1 Å². The van der Waals surface area contributed by atoms with E-state index in [2.05, 4.69) is 26.5 Å². The fourth-order valence-electron chi connectivity index (χ4n) is 3.52. The summed E-state index contributed by atoms with van der Waals surface area (Å²) >= 11 is 0. The maximum atomic E-state index is 5.62. The first kappa shape index (κ1) is 16.4. The monoisotopic (exact) mass is 351 g/mol. The highest BCUT2D eigenvalue weighted by Crippen LogP contribution is 2.40. The minimum atomic E-state index is 0.157. The molecule has 0 N–H and O–H groups in total. The van der Waals surface area contributed by atoms with E-state index in [1.54, 1.807) is 18.9 Å². The predicted molar refractivity (Wildman–Crippen MR) is 98.0 cm³/mol. The topological polar surface area (TPSA) is 65.3 Å². The zero-order valence-electron chi connectivity index (χ0n) is 14.9. The fraction of sp³-hybridized carbons (Fsp3) is 0.316. The number of para-hydroxylation sites is 1. The smallest absolute Gasteiger partial charge is 0.250 e. The molecule has 0 aliphatic carbocycles. The predicted octanol–water partition coefficient (Wildman–Crippen LogP) is 3.02. The van der Waals surface area contributed by atoms with E-state index in [9.17, 15) is 0 Å². The first-order valence-electron chi connectivity index (χ1n) is 8.64. The third-order valence-electron chi connectivity index (χ3n) is 4.76. The van der Waals surface area contributed by atoms with Crippen LogP contribution in [0, 0.1) is 0 Å². The summed E-state index contributed by atoms with van der Waals surface area (Å²) in [6.45, 7) is 0.896. The Hall–Kier alpha value is -3.09. The molecule has 0 spiro atoms. The Morgan fingerprint density at radius 3 is 2.65 bits per heavy atom. The minimum Gasteiger partial charge on any atom is -0.497 e. The van der Waals surface area contributed by atoms with E-state index in [4.69, 9.17) is 9.47 Å². The Morgan fingerprint density at radius 1 is 1.04 bits per heavy atom. The fourth-order valence-corrected chi connectivity index (χ4v) is 3.52. The molecule has 7 nitrogen and oxygen atoms in total. The van der Waals surface area contributed by atoms with Crippen molar-refractivity contribution in [3.63, 3.8) is 0 Å². The molecule has 0 unspecified atom stereocenters. The number of nitrogens with zero attached hydrogens (tertiary/aromatic N) is 5. The van der Waals surface area contributed by atoms with Gasteiger partial charge in [-0.3, -0.25) is 0 Å². The Kier molecular flexibility index (Phi) is 4.43. The molecule has 0 bridgehead atoms. The first-order chi connectivity index (χ1) is 12.8. The van der Waals surface area contributed by atoms with Crippen molar-refractivity contribution in [2.45, 2.75) is 18.9 Å². The van der Waals surface area contributed by atoms with Gasteiger partial charge in [0.2, 0.25) is 0 Å². The zero-order chi connectivity index (χ0) is 17.9. The van der Waals surface area contributed by atoms with Gasteiger partial charge in [0.1, 0.15) is 11.5 Å². The third kappa shape index (κ3) is 2.85. The van der Waals surface area contributed by atoms with Crippen LogP contribution in [0.3, 0.4) is 0 Å². The molecular formula is C19H21N5O2. The first-order valence-corrected chi connectivity index (χ1v) is 8.64. The van der Waals surface area contributed by atoms with Gasteiger partial charge in [0.25, 0.3) is 5.95 Å². The molecule has 2 aromatic carbocycles. The molecule has 26 heavy (non-hydrogen) atoms. The molecule has 1 atom stereocenters. The second kappa shape index (κ2) is 7.03. The molecule has 2 heterocycles. The highest BCUT2D eigenvalue weighted by atomic mass is 16.5. The Labute approximate surface area is 152 Å². The van der Waals surface area contributed by atoms with Crippen molar-refractivity contribution < 1.29 is 9.47 Å². The number of hydrogen-bond donors (Lipinski definition) is 0. The summed E-state index contributed by atoms with van der Waals surface area (Å²) in [7, 11) is 3.34. The quantitative estimate of drug-likeness (QED) is 0.704. The average Bonchev–Trinajstić information content (AvgIpc) is 3.37. The number of methoxy groups -OCH3 is 2. The molecule has 0 radical (unpaired) electrons. The maximum Gasteiger partial charge on any atom is 0.250 e. The van der Waals surface area contributed by atoms with Crippen LogP contribution in [0.25, 0.3) is 5.69 Å². The van der Waals surface area contributed by atoms with Gasteiger partial charge in [-0.1, -0.05) is 23.3 Å². The van der Waals surface area contributed by atoms with Gasteiger partial charge in [-0.2, -0.15) is 4.68 Å². The van der Waals surface area contributed by atoms with Gasteiger partial charge in [-0.15, -0.1) is 0 Å². The van der Waals surface area contributed by atoms with Crippen LogP contribution in [0.2, 0.25) is 0 Å². The standard InChI is InChI=1S/C19H21N5O2/c1-25-15-10-11-16(18(13-15)26-2)17-9-6-12-23(17)19-20-21-22-24(19)14-7-4-3-5-8-14/h3-5,7-8,10-11,13,17H,6,9,12H2,1-2H3/t17-/m1/s1. The number of rotatable bonds is 5. The number of tetrazole rings is 1. The van der Waals surface area contributed by atoms with Crippen LogP contribution in [0.15, 0.2) is 48.5 Å². The summed E-state index contributed by atoms with van der Waals surface area (Å²) in [5.41, 5.74) is 2.06. The summed E-state index contributed by atoms with van der Waals surface area (Å²) < 4.78 is 12.7. The van der Waals surface area contributed by atoms with E-state index < -0.39 is 0 Å². The van der Waals surface area contributed by atoms with Crippen molar-refractivity contribution in [1.29, 1.82) is 0 Å². The van der Waals surface area contributed by atoms with Crippen LogP contribution >= 0.6 is 0 Å². The SMILES string of the molecule is COc1ccc([C@H]2CCCN2c2nnnn2-c2ccccc2)c(OC)c1. The van der Waals surface area contributed by atoms with E-state index in [0.29, 0.717) is 0 Å². The molecule has 134 valence electrons. The molecule has 0 saturated carbocycles. The van der Waals surface area contributed by atoms with Gasteiger partial charge in [0.15, 0.2) is 0 Å². The highest BCUT2D eigenvalue weighted by Gasteiger charge is 2.32. The van der Waals surface area contributed by atoms with Crippen LogP contribution in [-0.2, 0) is 0 Å². The van der Waals surface area contributed by atoms with E-state index in [1.165, 1.54) is 0 Å². The van der Waals surface area contributed by atoms with Crippen molar-refractivity contribution in [2.75, 3.05) is 25.7 Å². The Balaban J connectivity index is 1.72. The number of hydrogen-bond acceptors (Lipinski definition) is 6. The lowest BCUT2D eigenvalue weighted by molar-refractivity contribution is 0.388. The van der Waals surface area contributed by atoms with Gasteiger partial charge in [0, 0.05) is 18.2 Å². The van der Waals surface area contributed by atoms with Crippen molar-refractivity contribution >= 4 is 5.95 Å². The third-order valence-corrected chi connectivity index (χ3v) is 4.76. The number of anilines is 1. The van der Waals surface area contributed by atoms with Gasteiger partial charge < -0.3 is 14.4 Å². The van der Waals surface area contributed by atoms with Crippen molar-refractivity contribution in [2.24, 2.45) is 0 Å². The van der Waals surface area contributed by atoms with E-state index in [-0.39, 0.29) is 6.04 Å². The second-order valence-corrected chi connectivity index (χ2v) is 6.19. The summed E-state index contributed by atoms with van der Waals surface area (Å²) in [4.78, 5) is 2.25. The zero-order valence-corrected chi connectivity index (χ0v) is 14.9. The second-order valence-electron chi connectivity index (χ2n) is 6.19. The Morgan fingerprint density at radius 2 is 1.88 bits per heavy atom. The average molecular weight is 351 g/mol. The normalized spacial score (nSPS) is 16.7. The molecule has 0 amide bonds. The van der Waals surface area contributed by atoms with Gasteiger partial charge in [-0.05, 0) is 47.5 Å². The van der Waals surface area contributed by atoms with E-state index >= 15 is 0 Å². The summed E-state index contributed by atoms with van der Waals surface area (Å²) in [5.74, 6) is 2.35. The summed E-state index contributed by atoms with van der Waals surface area (Å²) in [5, 5.41) is 12.4. The van der Waals surface area contributed by atoms with Crippen LogP contribution in [0.4, 0.5) is 5.95 Å². The van der Waals surface area contributed by atoms with Crippen molar-refractivity contribution in [1.82, 2.24) is 20.2 Å². The molecule has 1 aliphatic heterocycles. The van der Waals surface area contributed by atoms with Crippen molar-refractivity contribution in [3.05, 3.63) is 54.1 Å². The summed E-state index contributed by atoms with van der Waals surface area (Å²) in [6, 6.07) is 16.1. The molecule has 1 aliphatic rings. The van der Waals surface area contributed by atoms with Gasteiger partial charge in [-0.25, -0.2) is 0 Å². The van der Waals surface area contributed by atoms with E-state index in [1.807, 2.05) is 42.5 Å². The van der Waals surface area contributed by atoms with Crippen LogP contribution < -0.4 is 14.4 Å². The van der Waals surface area contributed by atoms with Gasteiger partial charge >= 0.3 is 0 Å². The lowest BCUT2D eigenvalue weighted by Crippen LogP contribution is -2.26. The van der Waals surface area contributed by atoms with Crippen LogP contribution in [0.1, 0.15) is 24.4 Å². The number of aromatic nitrogens is 4. The molecule has 3 aromatic rings. The summed E-state index contributed by atoms with van der Waals surface area (Å²) in [6.07, 6.45) is 2.09.